The third-order valence-electron chi connectivity index (χ3n) is 1.38. The topological polar surface area (TPSA) is 54.7 Å². The van der Waals surface area contributed by atoms with Gasteiger partial charge in [0.25, 0.3) is 0 Å². The van der Waals surface area contributed by atoms with E-state index in [1.165, 1.54) is 0 Å². The van der Waals surface area contributed by atoms with Crippen LogP contribution in [-0.2, 0) is 0 Å². The summed E-state index contributed by atoms with van der Waals surface area (Å²) in [6, 6.07) is 1.78. The van der Waals surface area contributed by atoms with Crippen molar-refractivity contribution in [2.45, 2.75) is 0 Å². The lowest BCUT2D eigenvalue weighted by molar-refractivity contribution is 0.413. The number of rotatable bonds is 2. The minimum atomic E-state index is 0.714. The maximum atomic E-state index is 4.85. The second-order valence-electron chi connectivity index (χ2n) is 2.22. The maximum Gasteiger partial charge on any atom is 0.159 e. The van der Waals surface area contributed by atoms with E-state index in [0.717, 1.165) is 5.82 Å². The molecule has 1 N–H and O–H groups in total. The maximum absolute atomic E-state index is 4.85. The Morgan fingerprint density at radius 1 is 1.33 bits per heavy atom. The Morgan fingerprint density at radius 2 is 2.33 bits per heavy atom. The van der Waals surface area contributed by atoms with Gasteiger partial charge in [0.2, 0.25) is 0 Å². The predicted molar refractivity (Wildman–Crippen MR) is 44.0 cm³/mol. The van der Waals surface area contributed by atoms with Crippen LogP contribution in [0.1, 0.15) is 11.6 Å². The van der Waals surface area contributed by atoms with Crippen LogP contribution in [-0.4, -0.2) is 15.1 Å². The fourth-order valence-corrected chi connectivity index (χ4v) is 0.841. The molecule has 0 fully saturated rings. The summed E-state index contributed by atoms with van der Waals surface area (Å²) in [4.78, 5) is 6.95. The molecule has 0 atom stereocenters. The summed E-state index contributed by atoms with van der Waals surface area (Å²) in [5.41, 5.74) is 0. The Balaban J connectivity index is 2.14. The minimum absolute atomic E-state index is 0.714. The molecule has 0 unspecified atom stereocenters. The number of aromatic amines is 1. The van der Waals surface area contributed by atoms with Crippen molar-refractivity contribution >= 4 is 12.2 Å². The standard InChI is InChI=1S/C8H7N3O/c1(7-3-4-11-12-7)2-8-9-5-6-10-8/h1-6H,(H,9,10)/b2-1+. The van der Waals surface area contributed by atoms with E-state index in [9.17, 15) is 0 Å². The first kappa shape index (κ1) is 6.84. The molecule has 0 saturated carbocycles. The average molecular weight is 161 g/mol. The first-order chi connectivity index (χ1) is 5.95. The van der Waals surface area contributed by atoms with Gasteiger partial charge in [-0.3, -0.25) is 0 Å². The highest BCUT2D eigenvalue weighted by atomic mass is 16.5. The van der Waals surface area contributed by atoms with Crippen LogP contribution in [0, 0.1) is 0 Å². The van der Waals surface area contributed by atoms with E-state index in [1.807, 2.05) is 6.08 Å². The summed E-state index contributed by atoms with van der Waals surface area (Å²) >= 11 is 0. The second-order valence-corrected chi connectivity index (χ2v) is 2.22. The molecular weight excluding hydrogens is 154 g/mol. The lowest BCUT2D eigenvalue weighted by atomic mass is 10.4. The molecule has 0 aliphatic heterocycles. The van der Waals surface area contributed by atoms with Gasteiger partial charge in [-0.15, -0.1) is 0 Å². The lowest BCUT2D eigenvalue weighted by Gasteiger charge is -1.81. The van der Waals surface area contributed by atoms with E-state index < -0.39 is 0 Å². The van der Waals surface area contributed by atoms with Crippen molar-refractivity contribution < 1.29 is 4.52 Å². The molecule has 12 heavy (non-hydrogen) atoms. The summed E-state index contributed by atoms with van der Waals surface area (Å²) in [6.07, 6.45) is 8.67. The van der Waals surface area contributed by atoms with Crippen molar-refractivity contribution in [2.24, 2.45) is 0 Å². The number of imidazole rings is 1. The number of H-pyrrole nitrogens is 1. The van der Waals surface area contributed by atoms with Crippen LogP contribution in [0.5, 0.6) is 0 Å². The summed E-state index contributed by atoms with van der Waals surface area (Å²) in [7, 11) is 0. The van der Waals surface area contributed by atoms with Gasteiger partial charge in [0.1, 0.15) is 5.82 Å². The van der Waals surface area contributed by atoms with Gasteiger partial charge in [0, 0.05) is 18.5 Å². The van der Waals surface area contributed by atoms with E-state index in [1.54, 1.807) is 30.7 Å². The van der Waals surface area contributed by atoms with Crippen LogP contribution in [0.25, 0.3) is 12.2 Å². The van der Waals surface area contributed by atoms with E-state index in [2.05, 4.69) is 15.1 Å². The van der Waals surface area contributed by atoms with Crippen LogP contribution in [0.3, 0.4) is 0 Å². The van der Waals surface area contributed by atoms with Crippen LogP contribution in [0.2, 0.25) is 0 Å². The first-order valence-corrected chi connectivity index (χ1v) is 3.53. The molecule has 0 saturated heterocycles. The van der Waals surface area contributed by atoms with Gasteiger partial charge in [-0.2, -0.15) is 0 Å². The molecule has 0 spiro atoms. The average Bonchev–Trinajstić information content (AvgIpc) is 2.74. The quantitative estimate of drug-likeness (QED) is 0.727. The van der Waals surface area contributed by atoms with Crippen molar-refractivity contribution in [3.63, 3.8) is 0 Å². The molecule has 2 rings (SSSR count). The first-order valence-electron chi connectivity index (χ1n) is 3.53. The highest BCUT2D eigenvalue weighted by Crippen LogP contribution is 2.02. The lowest BCUT2D eigenvalue weighted by Crippen LogP contribution is -1.71. The van der Waals surface area contributed by atoms with Crippen LogP contribution < -0.4 is 0 Å². The highest BCUT2D eigenvalue weighted by Gasteiger charge is 1.90. The van der Waals surface area contributed by atoms with Gasteiger partial charge in [0.15, 0.2) is 5.76 Å². The zero-order chi connectivity index (χ0) is 8.23. The Hall–Kier alpha value is -1.84. The van der Waals surface area contributed by atoms with Crippen molar-refractivity contribution in [1.82, 2.24) is 15.1 Å². The van der Waals surface area contributed by atoms with E-state index in [4.69, 9.17) is 4.52 Å². The number of hydrogen-bond acceptors (Lipinski definition) is 3. The zero-order valence-electron chi connectivity index (χ0n) is 6.27. The third kappa shape index (κ3) is 1.42. The molecule has 0 aliphatic rings. The molecule has 0 aromatic carbocycles. The van der Waals surface area contributed by atoms with Gasteiger partial charge in [-0.1, -0.05) is 5.16 Å². The monoisotopic (exact) mass is 161 g/mol. The molecule has 0 radical (unpaired) electrons. The minimum Gasteiger partial charge on any atom is -0.357 e. The predicted octanol–water partition coefficient (Wildman–Crippen LogP) is 1.57. The fourth-order valence-electron chi connectivity index (χ4n) is 0.841. The van der Waals surface area contributed by atoms with Crippen LogP contribution >= 0.6 is 0 Å². The Labute approximate surface area is 68.9 Å². The van der Waals surface area contributed by atoms with Crippen molar-refractivity contribution in [2.75, 3.05) is 0 Å². The molecule has 4 nitrogen and oxygen atoms in total. The summed E-state index contributed by atoms with van der Waals surface area (Å²) < 4.78 is 4.85. The zero-order valence-corrected chi connectivity index (χ0v) is 6.27. The molecule has 0 aliphatic carbocycles. The van der Waals surface area contributed by atoms with Gasteiger partial charge in [0.05, 0.1) is 6.20 Å². The van der Waals surface area contributed by atoms with Crippen LogP contribution in [0.15, 0.2) is 29.2 Å². The number of nitrogens with zero attached hydrogens (tertiary/aromatic N) is 2. The molecule has 2 heterocycles. The van der Waals surface area contributed by atoms with Gasteiger partial charge < -0.3 is 9.51 Å². The molecule has 2 aromatic heterocycles. The molecule has 4 heteroatoms. The van der Waals surface area contributed by atoms with Gasteiger partial charge in [-0.05, 0) is 12.2 Å². The second kappa shape index (κ2) is 3.04. The highest BCUT2D eigenvalue weighted by molar-refractivity contribution is 5.63. The largest absolute Gasteiger partial charge is 0.357 e. The molecule has 60 valence electrons. The van der Waals surface area contributed by atoms with Crippen molar-refractivity contribution in [3.8, 4) is 0 Å². The number of hydrogen-bond donors (Lipinski definition) is 1. The normalized spacial score (nSPS) is 11.0. The molecular formula is C8H7N3O. The smallest absolute Gasteiger partial charge is 0.159 e. The van der Waals surface area contributed by atoms with Crippen molar-refractivity contribution in [1.29, 1.82) is 0 Å². The van der Waals surface area contributed by atoms with E-state index in [-0.39, 0.29) is 0 Å². The van der Waals surface area contributed by atoms with Gasteiger partial charge in [-0.25, -0.2) is 4.98 Å². The summed E-state index contributed by atoms with van der Waals surface area (Å²) in [6.45, 7) is 0. The van der Waals surface area contributed by atoms with Gasteiger partial charge >= 0.3 is 0 Å². The molecule has 2 aromatic rings. The molecule has 0 bridgehead atoms. The SMILES string of the molecule is C(=C\c1ccno1)/c1ncc[nH]1. The van der Waals surface area contributed by atoms with E-state index in [0.29, 0.717) is 5.76 Å². The fraction of sp³-hybridized carbons (Fsp3) is 0. The third-order valence-corrected chi connectivity index (χ3v) is 1.38. The number of aromatic nitrogens is 3. The Bertz CT molecular complexity index is 311. The number of nitrogens with one attached hydrogen (secondary N) is 1. The van der Waals surface area contributed by atoms with Crippen molar-refractivity contribution in [3.05, 3.63) is 36.2 Å². The van der Waals surface area contributed by atoms with E-state index >= 15 is 0 Å². The summed E-state index contributed by atoms with van der Waals surface area (Å²) in [5, 5.41) is 3.57. The van der Waals surface area contributed by atoms with Crippen LogP contribution in [0.4, 0.5) is 0 Å². The molecule has 0 amide bonds. The Kier molecular flexibility index (Phi) is 1.74. The summed E-state index contributed by atoms with van der Waals surface area (Å²) in [5.74, 6) is 1.51. The Morgan fingerprint density at radius 3 is 3.00 bits per heavy atom.